The van der Waals surface area contributed by atoms with E-state index in [2.05, 4.69) is 13.8 Å². The minimum absolute atomic E-state index is 0.0135. The number of carbonyl (C=O) groups excluding carboxylic acids is 1. The number of methoxy groups -OCH3 is 1. The zero-order valence-electron chi connectivity index (χ0n) is 35.1. The highest BCUT2D eigenvalue weighted by Gasteiger charge is 2.69. The quantitative estimate of drug-likeness (QED) is 0.0818. The van der Waals surface area contributed by atoms with Crippen LogP contribution in [0.2, 0.25) is 0 Å². The first-order chi connectivity index (χ1) is 28.8. The minimum atomic E-state index is -1.77. The molecule has 4 heterocycles. The Labute approximate surface area is 354 Å². The Morgan fingerprint density at radius 3 is 1.95 bits per heavy atom. The fraction of sp³-hybridized carbons (Fsp3) is 0.929. The Hall–Kier alpha value is -1.47. The molecule has 4 aliphatic heterocycles. The first-order valence-electron chi connectivity index (χ1n) is 21.9. The number of ether oxygens (including phenoxy) is 8. The van der Waals surface area contributed by atoms with Gasteiger partial charge in [0, 0.05) is 25.0 Å². The number of hydrogen-bond donors (Lipinski definition) is 10. The molecule has 19 nitrogen and oxygen atoms in total. The van der Waals surface area contributed by atoms with Crippen LogP contribution in [0, 0.1) is 34.5 Å². The van der Waals surface area contributed by atoms with Gasteiger partial charge in [0.15, 0.2) is 18.9 Å². The summed E-state index contributed by atoms with van der Waals surface area (Å²) in [6.45, 7) is 5.10. The lowest BCUT2D eigenvalue weighted by Crippen LogP contribution is -2.65. The van der Waals surface area contributed by atoms with Crippen LogP contribution < -0.4 is 0 Å². The Balaban J connectivity index is 0.880. The van der Waals surface area contributed by atoms with Gasteiger partial charge in [-0.15, -0.1) is 0 Å². The molecule has 0 bridgehead atoms. The van der Waals surface area contributed by atoms with Crippen LogP contribution in [-0.2, 0) is 42.7 Å². The molecular weight excluding hydrogens is 808 g/mol. The predicted molar refractivity (Wildman–Crippen MR) is 204 cm³/mol. The third kappa shape index (κ3) is 7.73. The molecule has 0 aromatic rings. The first kappa shape index (κ1) is 46.1. The van der Waals surface area contributed by atoms with Crippen molar-refractivity contribution < 1.29 is 93.8 Å². The SMILES string of the molecule is CO[C@@H]1[C@@H](O)[C@H](OC[C@H]2O[C@@H](OC[C@H]3O[C@@H](O[C@@H]4C[C@@H]5CC[C@H]6[C@@H](CC[C@]7(C)[C@H](C8=CC(=O)OC8)CC[C@]67O)[C@@]5(C)[C@@H](O)C4)[C@H](O)[C@H](O)[C@@H]3O)[C@H](O)[C@H](O)[C@@H]2O)O[C@@H](C)[C@H]1O. The Bertz CT molecular complexity index is 1600. The summed E-state index contributed by atoms with van der Waals surface area (Å²) in [5.74, 6) is -0.265. The first-order valence-corrected chi connectivity index (χ1v) is 21.9. The van der Waals surface area contributed by atoms with E-state index in [1.165, 1.54) is 7.11 Å². The standard InChI is InChI=1S/C42H66O19/c1-17-28(45)36(54-4)35(52)38(58-17)57-15-24-29(46)31(48)33(50)37(60-24)56-16-25-30(47)32(49)34(51)39(61-25)59-20-12-19-5-6-23-22(41(19,3)26(43)13-20)7-9-40(2)21(8-10-42(23,40)53)18-11-27(44)55-14-18/h11,17,19-26,28-39,43,45-53H,5-10,12-16H2,1-4H3/t17-,19-,20+,21-,22+,23-,24+,25+,26-,28+,29+,30+,31+,32+,33+,34+,35+,36-,37+,38+,39+,40+,41-,42-/m0/s1. The van der Waals surface area contributed by atoms with Crippen molar-refractivity contribution in [2.24, 2.45) is 34.5 Å². The smallest absolute Gasteiger partial charge is 0.331 e. The molecule has 0 amide bonds. The molecule has 0 spiro atoms. The van der Waals surface area contributed by atoms with Crippen molar-refractivity contribution in [1.82, 2.24) is 0 Å². The van der Waals surface area contributed by atoms with E-state index >= 15 is 0 Å². The molecule has 61 heavy (non-hydrogen) atoms. The fourth-order valence-electron chi connectivity index (χ4n) is 12.9. The van der Waals surface area contributed by atoms with E-state index in [4.69, 9.17) is 37.9 Å². The number of aliphatic hydroxyl groups is 10. The van der Waals surface area contributed by atoms with E-state index in [9.17, 15) is 55.9 Å². The monoisotopic (exact) mass is 874 g/mol. The van der Waals surface area contributed by atoms with E-state index in [1.54, 1.807) is 13.0 Å². The third-order valence-electron chi connectivity index (χ3n) is 16.6. The number of esters is 1. The lowest BCUT2D eigenvalue weighted by Gasteiger charge is -2.64. The largest absolute Gasteiger partial charge is 0.458 e. The maximum Gasteiger partial charge on any atom is 0.331 e. The molecule has 0 radical (unpaired) electrons. The van der Waals surface area contributed by atoms with Gasteiger partial charge >= 0.3 is 5.97 Å². The highest BCUT2D eigenvalue weighted by Crippen LogP contribution is 2.70. The summed E-state index contributed by atoms with van der Waals surface area (Å²) in [5, 5.41) is 110. The number of hydrogen-bond acceptors (Lipinski definition) is 19. The van der Waals surface area contributed by atoms with Crippen molar-refractivity contribution in [3.05, 3.63) is 11.6 Å². The Kier molecular flexibility index (Phi) is 13.1. The highest BCUT2D eigenvalue weighted by molar-refractivity contribution is 5.85. The van der Waals surface area contributed by atoms with E-state index in [1.807, 2.05) is 0 Å². The van der Waals surface area contributed by atoms with Crippen molar-refractivity contribution in [2.45, 2.75) is 182 Å². The third-order valence-corrected chi connectivity index (χ3v) is 16.6. The van der Waals surface area contributed by atoms with Crippen LogP contribution in [0.3, 0.4) is 0 Å². The molecule has 4 aliphatic carbocycles. The molecule has 8 rings (SSSR count). The van der Waals surface area contributed by atoms with Gasteiger partial charge in [-0.1, -0.05) is 13.8 Å². The summed E-state index contributed by atoms with van der Waals surface area (Å²) < 4.78 is 45.4. The van der Waals surface area contributed by atoms with Gasteiger partial charge in [-0.25, -0.2) is 4.79 Å². The van der Waals surface area contributed by atoms with Crippen molar-refractivity contribution in [1.29, 1.82) is 0 Å². The van der Waals surface area contributed by atoms with Crippen molar-refractivity contribution in [3.8, 4) is 0 Å². The summed E-state index contributed by atoms with van der Waals surface area (Å²) >= 11 is 0. The predicted octanol–water partition coefficient (Wildman–Crippen LogP) is -2.27. The zero-order chi connectivity index (χ0) is 43.9. The van der Waals surface area contributed by atoms with Gasteiger partial charge in [0.1, 0.15) is 73.8 Å². The van der Waals surface area contributed by atoms with Crippen LogP contribution in [0.15, 0.2) is 11.6 Å². The number of fused-ring (bicyclic) bond motifs is 5. The number of aliphatic hydroxyl groups excluding tert-OH is 9. The summed E-state index contributed by atoms with van der Waals surface area (Å²) in [6.07, 6.45) is -16.3. The topological polar surface area (TPSA) is 293 Å². The molecule has 0 aromatic heterocycles. The highest BCUT2D eigenvalue weighted by atomic mass is 16.7. The van der Waals surface area contributed by atoms with Crippen LogP contribution in [0.4, 0.5) is 0 Å². The van der Waals surface area contributed by atoms with Crippen molar-refractivity contribution >= 4 is 5.97 Å². The maximum atomic E-state index is 12.6. The van der Waals surface area contributed by atoms with Crippen LogP contribution in [-0.4, -0.2) is 194 Å². The van der Waals surface area contributed by atoms with Gasteiger partial charge in [-0.05, 0) is 86.5 Å². The van der Waals surface area contributed by atoms with Gasteiger partial charge < -0.3 is 89.0 Å². The molecule has 24 atom stereocenters. The second kappa shape index (κ2) is 17.4. The fourth-order valence-corrected chi connectivity index (χ4v) is 12.9. The normalized spacial score (nSPS) is 55.0. The van der Waals surface area contributed by atoms with E-state index in [0.29, 0.717) is 12.8 Å². The number of rotatable bonds is 10. The Morgan fingerprint density at radius 1 is 0.705 bits per heavy atom. The number of cyclic esters (lactones) is 1. The molecule has 0 unspecified atom stereocenters. The molecule has 348 valence electrons. The van der Waals surface area contributed by atoms with E-state index < -0.39 is 134 Å². The average molecular weight is 875 g/mol. The van der Waals surface area contributed by atoms with Gasteiger partial charge in [-0.3, -0.25) is 0 Å². The van der Waals surface area contributed by atoms with Crippen LogP contribution in [0.5, 0.6) is 0 Å². The summed E-state index contributed by atoms with van der Waals surface area (Å²) in [4.78, 5) is 12.0. The molecule has 0 aromatic carbocycles. The molecule has 7 fully saturated rings. The van der Waals surface area contributed by atoms with E-state index in [0.717, 1.165) is 37.7 Å². The number of carbonyl (C=O) groups is 1. The molecule has 10 N–H and O–H groups in total. The Morgan fingerprint density at radius 2 is 1.33 bits per heavy atom. The van der Waals surface area contributed by atoms with Gasteiger partial charge in [0.2, 0.25) is 0 Å². The second-order valence-electron chi connectivity index (χ2n) is 19.5. The summed E-state index contributed by atoms with van der Waals surface area (Å²) in [7, 11) is 1.31. The minimum Gasteiger partial charge on any atom is -0.458 e. The average Bonchev–Trinajstić information content (AvgIpc) is 3.78. The molecule has 8 aliphatic rings. The van der Waals surface area contributed by atoms with E-state index in [-0.39, 0.29) is 42.7 Å². The van der Waals surface area contributed by atoms with Crippen molar-refractivity contribution in [2.75, 3.05) is 26.9 Å². The van der Waals surface area contributed by atoms with Gasteiger partial charge in [0.25, 0.3) is 0 Å². The lowest BCUT2D eigenvalue weighted by atomic mass is 9.42. The molecular formula is C42H66O19. The second-order valence-corrected chi connectivity index (χ2v) is 19.5. The molecule has 4 saturated carbocycles. The summed E-state index contributed by atoms with van der Waals surface area (Å²) in [5.41, 5.74) is -0.952. The lowest BCUT2D eigenvalue weighted by molar-refractivity contribution is -0.346. The van der Waals surface area contributed by atoms with Crippen LogP contribution in [0.25, 0.3) is 0 Å². The van der Waals surface area contributed by atoms with Gasteiger partial charge in [-0.2, -0.15) is 0 Å². The molecule has 19 heteroatoms. The van der Waals surface area contributed by atoms with Crippen molar-refractivity contribution in [3.63, 3.8) is 0 Å². The zero-order valence-corrected chi connectivity index (χ0v) is 35.1. The summed E-state index contributed by atoms with van der Waals surface area (Å²) in [6, 6.07) is 0. The van der Waals surface area contributed by atoms with Crippen LogP contribution in [0.1, 0.15) is 72.1 Å². The van der Waals surface area contributed by atoms with Crippen LogP contribution >= 0.6 is 0 Å². The van der Waals surface area contributed by atoms with Gasteiger partial charge in [0.05, 0.1) is 37.1 Å². The maximum absolute atomic E-state index is 12.6. The molecule has 3 saturated heterocycles.